The first-order valence-electron chi connectivity index (χ1n) is 16.6. The summed E-state index contributed by atoms with van der Waals surface area (Å²) in [5, 5.41) is 17.8. The molecule has 248 valence electrons. The van der Waals surface area contributed by atoms with Gasteiger partial charge in [0.2, 0.25) is 11.8 Å². The Balaban J connectivity index is 1.70. The zero-order valence-electron chi connectivity index (χ0n) is 27.2. The van der Waals surface area contributed by atoms with Crippen LogP contribution in [-0.2, 0) is 20.8 Å². The van der Waals surface area contributed by atoms with Gasteiger partial charge in [-0.2, -0.15) is 0 Å². The number of aliphatic hydroxyl groups is 1. The van der Waals surface area contributed by atoms with Crippen LogP contribution in [-0.4, -0.2) is 59.4 Å². The highest BCUT2D eigenvalue weighted by Gasteiger charge is 2.16. The zero-order valence-corrected chi connectivity index (χ0v) is 27.2. The molecule has 1 unspecified atom stereocenters. The highest BCUT2D eigenvalue weighted by molar-refractivity contribution is 6.40. The fraction of sp³-hybridized carbons (Fsp3) is 0.571. The first-order valence-corrected chi connectivity index (χ1v) is 16.6. The van der Waals surface area contributed by atoms with E-state index in [0.717, 1.165) is 25.1 Å². The number of benzene rings is 1. The minimum absolute atomic E-state index is 0.0442. The van der Waals surface area contributed by atoms with Crippen molar-refractivity contribution in [2.45, 2.75) is 110 Å². The normalized spacial score (nSPS) is 11.9. The van der Waals surface area contributed by atoms with Crippen molar-refractivity contribution in [3.63, 3.8) is 0 Å². The van der Waals surface area contributed by atoms with Crippen LogP contribution >= 0.6 is 0 Å². The first kappa shape index (κ1) is 37.4. The van der Waals surface area contributed by atoms with Crippen molar-refractivity contribution in [1.82, 2.24) is 20.9 Å². The Bertz CT molecular complexity index is 1140. The Morgan fingerprint density at radius 3 is 2.18 bits per heavy atom. The van der Waals surface area contributed by atoms with E-state index in [4.69, 9.17) is 4.74 Å². The van der Waals surface area contributed by atoms with Gasteiger partial charge in [-0.05, 0) is 56.2 Å². The number of aliphatic imine (C=N–C) groups is 1. The zero-order chi connectivity index (χ0) is 32.5. The van der Waals surface area contributed by atoms with Gasteiger partial charge in [-0.3, -0.25) is 19.4 Å². The van der Waals surface area contributed by atoms with Gasteiger partial charge in [-0.15, -0.1) is 0 Å². The van der Waals surface area contributed by atoms with E-state index < -0.39 is 17.9 Å². The van der Waals surface area contributed by atoms with Crippen LogP contribution in [0.4, 0.5) is 5.69 Å². The number of carbonyl (C=O) groups excluding carboxylic acids is 3. The van der Waals surface area contributed by atoms with Crippen LogP contribution < -0.4 is 20.7 Å². The molecule has 0 fully saturated rings. The van der Waals surface area contributed by atoms with Crippen LogP contribution in [0.15, 0.2) is 53.7 Å². The largest absolute Gasteiger partial charge is 0.494 e. The third kappa shape index (κ3) is 18.6. The van der Waals surface area contributed by atoms with Gasteiger partial charge in [0, 0.05) is 37.8 Å². The molecule has 3 amide bonds. The maximum Gasteiger partial charge on any atom is 0.287 e. The van der Waals surface area contributed by atoms with E-state index in [-0.39, 0.29) is 18.2 Å². The molecular weight excluding hydrogens is 570 g/mol. The van der Waals surface area contributed by atoms with Crippen LogP contribution in [0, 0.1) is 0 Å². The van der Waals surface area contributed by atoms with Crippen LogP contribution in [0.1, 0.15) is 103 Å². The molecule has 0 saturated carbocycles. The van der Waals surface area contributed by atoms with Gasteiger partial charge in [0.1, 0.15) is 5.75 Å². The minimum Gasteiger partial charge on any atom is -0.494 e. The number of carbonyl (C=O) groups is 3. The second-order valence-electron chi connectivity index (χ2n) is 11.4. The molecule has 10 heteroatoms. The van der Waals surface area contributed by atoms with Crippen molar-refractivity contribution in [3.8, 4) is 5.75 Å². The molecule has 4 N–H and O–H groups in total. The van der Waals surface area contributed by atoms with E-state index in [9.17, 15) is 19.5 Å². The van der Waals surface area contributed by atoms with Crippen LogP contribution in [0.3, 0.4) is 0 Å². The van der Waals surface area contributed by atoms with E-state index in [1.807, 2.05) is 18.2 Å². The second-order valence-corrected chi connectivity index (χ2v) is 11.4. The molecular formula is C35H53N5O5. The molecule has 2 aromatic rings. The molecule has 0 aliphatic carbocycles. The molecule has 0 spiro atoms. The summed E-state index contributed by atoms with van der Waals surface area (Å²) in [5.41, 5.74) is 1.27. The second kappa shape index (κ2) is 23.6. The van der Waals surface area contributed by atoms with Gasteiger partial charge < -0.3 is 25.8 Å². The average molecular weight is 624 g/mol. The number of aliphatic hydroxyl groups excluding tert-OH is 1. The van der Waals surface area contributed by atoms with Crippen LogP contribution in [0.5, 0.6) is 5.75 Å². The Labute approximate surface area is 268 Å². The summed E-state index contributed by atoms with van der Waals surface area (Å²) in [7, 11) is 0. The van der Waals surface area contributed by atoms with Crippen molar-refractivity contribution in [2.75, 3.05) is 19.7 Å². The maximum absolute atomic E-state index is 12.8. The molecule has 0 saturated heterocycles. The monoisotopic (exact) mass is 623 g/mol. The van der Waals surface area contributed by atoms with Crippen molar-refractivity contribution >= 4 is 29.2 Å². The summed E-state index contributed by atoms with van der Waals surface area (Å²) in [6.07, 6.45) is 14.9. The van der Waals surface area contributed by atoms with E-state index in [1.165, 1.54) is 58.3 Å². The predicted octanol–water partition coefficient (Wildman–Crippen LogP) is 5.55. The Kier molecular flexibility index (Phi) is 19.6. The lowest BCUT2D eigenvalue weighted by Gasteiger charge is -2.11. The van der Waals surface area contributed by atoms with Crippen molar-refractivity contribution in [3.05, 3.63) is 54.4 Å². The smallest absolute Gasteiger partial charge is 0.287 e. The van der Waals surface area contributed by atoms with Crippen LogP contribution in [0.25, 0.3) is 0 Å². The lowest BCUT2D eigenvalue weighted by Crippen LogP contribution is -2.44. The number of ether oxygens (including phenoxy) is 1. The van der Waals surface area contributed by atoms with Gasteiger partial charge in [0.05, 0.1) is 24.8 Å². The fourth-order valence-electron chi connectivity index (χ4n) is 4.62. The first-order chi connectivity index (χ1) is 21.9. The van der Waals surface area contributed by atoms with Crippen LogP contribution in [0.2, 0.25) is 0 Å². The fourth-order valence-corrected chi connectivity index (χ4v) is 4.62. The molecule has 45 heavy (non-hydrogen) atoms. The third-order valence-electron chi connectivity index (χ3n) is 7.09. The van der Waals surface area contributed by atoms with Crippen molar-refractivity contribution in [2.24, 2.45) is 4.99 Å². The average Bonchev–Trinajstić information content (AvgIpc) is 3.02. The predicted molar refractivity (Wildman–Crippen MR) is 179 cm³/mol. The molecule has 10 nitrogen and oxygen atoms in total. The number of nitrogens with zero attached hydrogens (tertiary/aromatic N) is 2. The topological polar surface area (TPSA) is 142 Å². The molecule has 0 radical (unpaired) electrons. The lowest BCUT2D eigenvalue weighted by molar-refractivity contribution is -0.122. The quantitative estimate of drug-likeness (QED) is 0.0769. The number of amidine groups is 1. The number of amides is 3. The van der Waals surface area contributed by atoms with E-state index in [1.54, 1.807) is 30.5 Å². The molecule has 1 aromatic heterocycles. The lowest BCUT2D eigenvalue weighted by atomic mass is 10.1. The Hall–Kier alpha value is -3.79. The number of hydrogen-bond donors (Lipinski definition) is 4. The summed E-state index contributed by atoms with van der Waals surface area (Å²) >= 11 is 0. The molecule has 1 heterocycles. The van der Waals surface area contributed by atoms with Gasteiger partial charge in [-0.25, -0.2) is 4.99 Å². The number of unbranched alkanes of at least 4 members (excludes halogenated alkanes) is 9. The van der Waals surface area contributed by atoms with E-state index >= 15 is 0 Å². The Morgan fingerprint density at radius 2 is 1.53 bits per heavy atom. The maximum atomic E-state index is 12.8. The van der Waals surface area contributed by atoms with E-state index in [2.05, 4.69) is 32.9 Å². The number of rotatable bonds is 22. The summed E-state index contributed by atoms with van der Waals surface area (Å²) in [6.45, 7) is 5.17. The number of pyridine rings is 1. The van der Waals surface area contributed by atoms with Gasteiger partial charge >= 0.3 is 0 Å². The highest BCUT2D eigenvalue weighted by Crippen LogP contribution is 2.19. The van der Waals surface area contributed by atoms with Gasteiger partial charge in [-0.1, -0.05) is 70.8 Å². The molecule has 0 aliphatic heterocycles. The number of aromatic nitrogens is 1. The molecule has 1 aromatic carbocycles. The summed E-state index contributed by atoms with van der Waals surface area (Å²) in [5.74, 6) is -0.575. The van der Waals surface area contributed by atoms with Crippen molar-refractivity contribution in [1.29, 1.82) is 0 Å². The van der Waals surface area contributed by atoms with Crippen molar-refractivity contribution < 1.29 is 24.2 Å². The minimum atomic E-state index is -0.856. The van der Waals surface area contributed by atoms with E-state index in [0.29, 0.717) is 43.9 Å². The van der Waals surface area contributed by atoms with Gasteiger partial charge in [0.25, 0.3) is 5.91 Å². The summed E-state index contributed by atoms with van der Waals surface area (Å²) in [4.78, 5) is 45.8. The highest BCUT2D eigenvalue weighted by atomic mass is 16.5. The molecule has 0 aliphatic rings. The SMILES string of the molecule is CCCCCCCCCCCCNC(=O)CCCOc1ccc(N=C(NC(=O)CC(C)O)C(=O)NCCc2ccccn2)cc1. The number of hydrogen-bond acceptors (Lipinski definition) is 7. The molecule has 2 rings (SSSR count). The summed E-state index contributed by atoms with van der Waals surface area (Å²) in [6, 6.07) is 12.4. The molecule has 1 atom stereocenters. The summed E-state index contributed by atoms with van der Waals surface area (Å²) < 4.78 is 5.77. The van der Waals surface area contributed by atoms with Gasteiger partial charge in [0.15, 0.2) is 5.84 Å². The standard InChI is InChI=1S/C35H53N5O5/c1-3-4-5-6-7-8-9-10-11-13-24-37-32(42)17-15-26-45-31-20-18-30(19-21-31)39-34(40-33(43)27-28(2)41)35(44)38-25-22-29-16-12-14-23-36-29/h12,14,16,18-21,23,28,41H,3-11,13,15,17,22,24-27H2,1-2H3,(H,37,42)(H,38,44)(H,39,40,43). The Morgan fingerprint density at radius 1 is 0.844 bits per heavy atom. The third-order valence-corrected chi connectivity index (χ3v) is 7.09. The number of nitrogens with one attached hydrogen (secondary N) is 3. The molecule has 0 bridgehead atoms.